The van der Waals surface area contributed by atoms with Crippen molar-refractivity contribution in [2.45, 2.75) is 38.2 Å². The first-order valence-electron chi connectivity index (χ1n) is 17.6. The van der Waals surface area contributed by atoms with Crippen molar-refractivity contribution < 1.29 is 9.47 Å². The predicted molar refractivity (Wildman–Crippen MR) is 209 cm³/mol. The Morgan fingerprint density at radius 2 is 1.20 bits per heavy atom. The Kier molecular flexibility index (Phi) is 8.94. The van der Waals surface area contributed by atoms with Crippen molar-refractivity contribution >= 4 is 44.2 Å². The van der Waals surface area contributed by atoms with Crippen LogP contribution in [0, 0.1) is 0 Å². The fourth-order valence-corrected chi connectivity index (χ4v) is 7.50. The zero-order valence-electron chi connectivity index (χ0n) is 28.8. The van der Waals surface area contributed by atoms with Crippen LogP contribution in [0.15, 0.2) is 175 Å². The molecule has 3 aliphatic carbocycles. The molecule has 8 rings (SSSR count). The minimum Gasteiger partial charge on any atom is -0.501 e. The average molecular weight is 655 g/mol. The molecule has 0 N–H and O–H groups in total. The predicted octanol–water partition coefficient (Wildman–Crippen LogP) is 11.8. The Morgan fingerprint density at radius 3 is 1.76 bits per heavy atom. The Bertz CT molecular complexity index is 2220. The van der Waals surface area contributed by atoms with E-state index in [1.807, 2.05) is 0 Å². The monoisotopic (exact) mass is 654 g/mol. The summed E-state index contributed by atoms with van der Waals surface area (Å²) in [5.41, 5.74) is 9.92. The first-order valence-corrected chi connectivity index (χ1v) is 17.6. The number of allylic oxidation sites excluding steroid dienone is 9. The van der Waals surface area contributed by atoms with E-state index in [4.69, 9.17) is 9.47 Å². The van der Waals surface area contributed by atoms with E-state index in [0.717, 1.165) is 49.2 Å². The van der Waals surface area contributed by atoms with Crippen LogP contribution in [-0.2, 0) is 9.47 Å². The van der Waals surface area contributed by atoms with E-state index in [1.165, 1.54) is 55.5 Å². The number of benzene rings is 5. The number of nitrogens with zero attached hydrogens (tertiary/aromatic N) is 2. The van der Waals surface area contributed by atoms with Crippen LogP contribution in [0.25, 0.3) is 27.1 Å². The van der Waals surface area contributed by atoms with Crippen molar-refractivity contribution in [2.75, 3.05) is 24.0 Å². The van der Waals surface area contributed by atoms with Gasteiger partial charge in [0.15, 0.2) is 0 Å². The summed E-state index contributed by atoms with van der Waals surface area (Å²) in [5, 5.41) is 4.98. The van der Waals surface area contributed by atoms with Gasteiger partial charge in [0, 0.05) is 47.1 Å². The molecular formula is C46H42N2O2. The van der Waals surface area contributed by atoms with E-state index >= 15 is 0 Å². The molecule has 248 valence electrons. The van der Waals surface area contributed by atoms with Gasteiger partial charge in [0.2, 0.25) is 0 Å². The summed E-state index contributed by atoms with van der Waals surface area (Å²) in [7, 11) is 3.54. The van der Waals surface area contributed by atoms with E-state index in [2.05, 4.69) is 162 Å². The van der Waals surface area contributed by atoms with Gasteiger partial charge in [0.05, 0.1) is 30.3 Å². The second-order valence-corrected chi connectivity index (χ2v) is 13.1. The van der Waals surface area contributed by atoms with Gasteiger partial charge in [-0.1, -0.05) is 103 Å². The average Bonchev–Trinajstić information content (AvgIpc) is 3.19. The first-order chi connectivity index (χ1) is 24.7. The maximum absolute atomic E-state index is 5.62. The number of methoxy groups -OCH3 is 2. The Morgan fingerprint density at radius 1 is 0.580 bits per heavy atom. The maximum atomic E-state index is 5.62. The molecule has 1 atom stereocenters. The van der Waals surface area contributed by atoms with Crippen LogP contribution < -0.4 is 9.80 Å². The van der Waals surface area contributed by atoms with Gasteiger partial charge in [-0.05, 0) is 96.2 Å². The van der Waals surface area contributed by atoms with Crippen LogP contribution in [0.4, 0.5) is 17.1 Å². The van der Waals surface area contributed by atoms with E-state index in [0.29, 0.717) is 0 Å². The van der Waals surface area contributed by atoms with Gasteiger partial charge in [-0.25, -0.2) is 0 Å². The van der Waals surface area contributed by atoms with Crippen LogP contribution in [0.2, 0.25) is 0 Å². The third kappa shape index (κ3) is 6.19. The number of anilines is 3. The summed E-state index contributed by atoms with van der Waals surface area (Å²) >= 11 is 0. The lowest BCUT2D eigenvalue weighted by Gasteiger charge is -2.34. The number of hydrogen-bond donors (Lipinski definition) is 0. The molecule has 0 amide bonds. The van der Waals surface area contributed by atoms with Gasteiger partial charge in [-0.3, -0.25) is 0 Å². The molecule has 4 nitrogen and oxygen atoms in total. The van der Waals surface area contributed by atoms with Gasteiger partial charge < -0.3 is 19.3 Å². The highest BCUT2D eigenvalue weighted by Crippen LogP contribution is 2.41. The zero-order valence-corrected chi connectivity index (χ0v) is 28.8. The molecule has 0 aliphatic heterocycles. The van der Waals surface area contributed by atoms with Crippen LogP contribution in [-0.4, -0.2) is 20.3 Å². The smallest absolute Gasteiger partial charge is 0.0959 e. The Hall–Kier alpha value is -5.58. The van der Waals surface area contributed by atoms with Crippen molar-refractivity contribution in [1.29, 1.82) is 0 Å². The molecule has 0 heterocycles. The molecule has 5 aromatic rings. The minimum absolute atomic E-state index is 0.108. The summed E-state index contributed by atoms with van der Waals surface area (Å²) in [5.74, 6) is 1.03. The quantitative estimate of drug-likeness (QED) is 0.158. The normalized spacial score (nSPS) is 17.4. The fraction of sp³-hybridized carbons (Fsp3) is 0.174. The van der Waals surface area contributed by atoms with Crippen LogP contribution in [0.5, 0.6) is 0 Å². The molecule has 0 aromatic heterocycles. The molecule has 3 aliphatic rings. The lowest BCUT2D eigenvalue weighted by molar-refractivity contribution is 0.142. The van der Waals surface area contributed by atoms with Crippen molar-refractivity contribution in [1.82, 2.24) is 0 Å². The highest BCUT2D eigenvalue weighted by molar-refractivity contribution is 5.98. The third-order valence-electron chi connectivity index (χ3n) is 10.2. The number of fused-ring (bicyclic) bond motifs is 2. The van der Waals surface area contributed by atoms with E-state index < -0.39 is 0 Å². The molecule has 0 spiro atoms. The maximum Gasteiger partial charge on any atom is 0.0959 e. The van der Waals surface area contributed by atoms with E-state index in [9.17, 15) is 0 Å². The molecule has 0 bridgehead atoms. The molecule has 0 saturated heterocycles. The molecule has 0 fully saturated rings. The summed E-state index contributed by atoms with van der Waals surface area (Å²) in [6, 6.07) is 39.6. The molecule has 1 unspecified atom stereocenters. The molecule has 0 radical (unpaired) electrons. The summed E-state index contributed by atoms with van der Waals surface area (Å²) < 4.78 is 11.2. The van der Waals surface area contributed by atoms with Crippen molar-refractivity contribution in [3.63, 3.8) is 0 Å². The van der Waals surface area contributed by atoms with Crippen molar-refractivity contribution in [3.05, 3.63) is 180 Å². The van der Waals surface area contributed by atoms with Gasteiger partial charge >= 0.3 is 0 Å². The van der Waals surface area contributed by atoms with E-state index in [1.54, 1.807) is 14.2 Å². The number of ether oxygens (including phenoxy) is 2. The minimum atomic E-state index is 0.108. The largest absolute Gasteiger partial charge is 0.501 e. The van der Waals surface area contributed by atoms with Gasteiger partial charge in [-0.15, -0.1) is 0 Å². The highest BCUT2D eigenvalue weighted by atomic mass is 16.5. The SMILES string of the molecule is COC1=CC=C(N(C2=CC=C(c3ccc(N(C4=CCC(OC)C=C4)c4cccc5ccccc45)cc3)CC2)c2cccc3ccccc23)CC1. The topological polar surface area (TPSA) is 24.9 Å². The van der Waals surface area contributed by atoms with Crippen LogP contribution in [0.3, 0.4) is 0 Å². The van der Waals surface area contributed by atoms with Crippen LogP contribution in [0.1, 0.15) is 37.7 Å². The van der Waals surface area contributed by atoms with Crippen molar-refractivity contribution in [2.24, 2.45) is 0 Å². The lowest BCUT2D eigenvalue weighted by Crippen LogP contribution is -2.24. The number of rotatable bonds is 9. The Balaban J connectivity index is 1.13. The van der Waals surface area contributed by atoms with Gasteiger partial charge in [0.1, 0.15) is 0 Å². The van der Waals surface area contributed by atoms with Crippen LogP contribution >= 0.6 is 0 Å². The second kappa shape index (κ2) is 14.1. The summed E-state index contributed by atoms with van der Waals surface area (Å²) in [6.07, 6.45) is 20.4. The standard InChI is InChI=1S/C46H42N2O2/c1-49-41-29-25-39(26-30-41)47(45-15-7-11-35-9-3-5-13-43(35)45)37-21-17-33(18-22-37)34-19-23-38(24-20-34)48(40-27-31-42(50-2)32-28-40)46-16-8-12-36-10-4-6-14-44(36)46/h3-19,21-23,25-27,29,31,41H,20,24,28,30,32H2,1-2H3. The van der Waals surface area contributed by atoms with Gasteiger partial charge in [-0.2, -0.15) is 0 Å². The summed E-state index contributed by atoms with van der Waals surface area (Å²) in [6.45, 7) is 0. The number of hydrogen-bond acceptors (Lipinski definition) is 4. The molecular weight excluding hydrogens is 613 g/mol. The lowest BCUT2D eigenvalue weighted by atomic mass is 9.93. The van der Waals surface area contributed by atoms with E-state index in [-0.39, 0.29) is 6.10 Å². The molecule has 50 heavy (non-hydrogen) atoms. The molecule has 4 heteroatoms. The first kappa shape index (κ1) is 31.7. The Labute approximate surface area is 295 Å². The fourth-order valence-electron chi connectivity index (χ4n) is 7.50. The zero-order chi connectivity index (χ0) is 33.9. The molecule has 5 aromatic carbocycles. The summed E-state index contributed by atoms with van der Waals surface area (Å²) in [4.78, 5) is 4.87. The third-order valence-corrected chi connectivity index (χ3v) is 10.2. The second-order valence-electron chi connectivity index (χ2n) is 13.1. The molecule has 0 saturated carbocycles. The van der Waals surface area contributed by atoms with Gasteiger partial charge in [0.25, 0.3) is 0 Å². The van der Waals surface area contributed by atoms with Crippen molar-refractivity contribution in [3.8, 4) is 0 Å². The highest BCUT2D eigenvalue weighted by Gasteiger charge is 2.24.